The van der Waals surface area contributed by atoms with Gasteiger partial charge in [-0.1, -0.05) is 6.42 Å². The van der Waals surface area contributed by atoms with Gasteiger partial charge in [-0.2, -0.15) is 0 Å². The first kappa shape index (κ1) is 9.89. The van der Waals surface area contributed by atoms with Gasteiger partial charge in [0.2, 0.25) is 5.88 Å². The third-order valence-electron chi connectivity index (χ3n) is 2.54. The Morgan fingerprint density at radius 1 is 1.47 bits per heavy atom. The standard InChI is InChI=1S/C10H12N2O3/c13-10(14)8-4-12-9(5-11-8)15-6-7-2-1-3-7/h4-5,7H,1-3,6H2,(H,13,14). The highest BCUT2D eigenvalue weighted by Crippen LogP contribution is 2.26. The van der Waals surface area contributed by atoms with Crippen molar-refractivity contribution in [3.63, 3.8) is 0 Å². The monoisotopic (exact) mass is 208 g/mol. The summed E-state index contributed by atoms with van der Waals surface area (Å²) in [5.41, 5.74) is -0.0639. The summed E-state index contributed by atoms with van der Waals surface area (Å²) in [5, 5.41) is 8.60. The molecule has 1 saturated carbocycles. The fourth-order valence-electron chi connectivity index (χ4n) is 1.36. The van der Waals surface area contributed by atoms with E-state index in [0.29, 0.717) is 18.4 Å². The molecule has 0 atom stereocenters. The molecule has 0 unspecified atom stereocenters. The summed E-state index contributed by atoms with van der Waals surface area (Å²) < 4.78 is 5.38. The average molecular weight is 208 g/mol. The van der Waals surface area contributed by atoms with Crippen molar-refractivity contribution in [2.24, 2.45) is 5.92 Å². The summed E-state index contributed by atoms with van der Waals surface area (Å²) in [7, 11) is 0. The van der Waals surface area contributed by atoms with Crippen molar-refractivity contribution in [2.45, 2.75) is 19.3 Å². The van der Waals surface area contributed by atoms with Gasteiger partial charge in [-0.05, 0) is 18.8 Å². The van der Waals surface area contributed by atoms with Crippen LogP contribution in [0.1, 0.15) is 29.8 Å². The highest BCUT2D eigenvalue weighted by Gasteiger charge is 2.18. The molecule has 5 nitrogen and oxygen atoms in total. The second-order valence-corrected chi connectivity index (χ2v) is 3.65. The van der Waals surface area contributed by atoms with Crippen molar-refractivity contribution < 1.29 is 14.6 Å². The zero-order valence-electron chi connectivity index (χ0n) is 8.22. The molecule has 1 fully saturated rings. The predicted octanol–water partition coefficient (Wildman–Crippen LogP) is 1.35. The molecule has 1 aliphatic rings. The molecule has 2 rings (SSSR count). The van der Waals surface area contributed by atoms with E-state index in [2.05, 4.69) is 9.97 Å². The van der Waals surface area contributed by atoms with Crippen LogP contribution in [0.3, 0.4) is 0 Å². The lowest BCUT2D eigenvalue weighted by atomic mass is 9.86. The number of rotatable bonds is 4. The number of carboxylic acids is 1. The van der Waals surface area contributed by atoms with Gasteiger partial charge in [0.1, 0.15) is 0 Å². The van der Waals surface area contributed by atoms with Crippen LogP contribution in [0.25, 0.3) is 0 Å². The molecule has 5 heteroatoms. The number of nitrogens with zero attached hydrogens (tertiary/aromatic N) is 2. The molecule has 1 aromatic heterocycles. The van der Waals surface area contributed by atoms with E-state index in [9.17, 15) is 4.79 Å². The van der Waals surface area contributed by atoms with Crippen molar-refractivity contribution in [3.05, 3.63) is 18.1 Å². The van der Waals surface area contributed by atoms with E-state index in [1.165, 1.54) is 31.7 Å². The zero-order valence-corrected chi connectivity index (χ0v) is 8.22. The summed E-state index contributed by atoms with van der Waals surface area (Å²) in [6.45, 7) is 0.654. The number of ether oxygens (including phenoxy) is 1. The Balaban J connectivity index is 1.88. The van der Waals surface area contributed by atoms with Crippen LogP contribution in [0.5, 0.6) is 5.88 Å². The highest BCUT2D eigenvalue weighted by molar-refractivity contribution is 5.84. The molecule has 80 valence electrons. The Labute approximate surface area is 87.1 Å². The fraction of sp³-hybridized carbons (Fsp3) is 0.500. The highest BCUT2D eigenvalue weighted by atomic mass is 16.5. The van der Waals surface area contributed by atoms with E-state index >= 15 is 0 Å². The Morgan fingerprint density at radius 2 is 2.27 bits per heavy atom. The Morgan fingerprint density at radius 3 is 2.73 bits per heavy atom. The van der Waals surface area contributed by atoms with Crippen molar-refractivity contribution in [2.75, 3.05) is 6.61 Å². The normalized spacial score (nSPS) is 15.7. The van der Waals surface area contributed by atoms with Crippen LogP contribution >= 0.6 is 0 Å². The first-order valence-corrected chi connectivity index (χ1v) is 4.94. The first-order chi connectivity index (χ1) is 7.25. The summed E-state index contributed by atoms with van der Waals surface area (Å²) in [6, 6.07) is 0. The molecule has 1 aromatic rings. The van der Waals surface area contributed by atoms with Crippen LogP contribution in [0, 0.1) is 5.92 Å². The summed E-state index contributed by atoms with van der Waals surface area (Å²) >= 11 is 0. The number of hydrogen-bond acceptors (Lipinski definition) is 4. The van der Waals surface area contributed by atoms with E-state index in [4.69, 9.17) is 9.84 Å². The van der Waals surface area contributed by atoms with E-state index in [1.807, 2.05) is 0 Å². The minimum absolute atomic E-state index is 0.0639. The van der Waals surface area contributed by atoms with Crippen LogP contribution in [-0.4, -0.2) is 27.7 Å². The lowest BCUT2D eigenvalue weighted by Gasteiger charge is -2.24. The molecule has 1 N–H and O–H groups in total. The van der Waals surface area contributed by atoms with Crippen LogP contribution in [-0.2, 0) is 0 Å². The zero-order chi connectivity index (χ0) is 10.7. The minimum atomic E-state index is -1.08. The summed E-state index contributed by atoms with van der Waals surface area (Å²) in [4.78, 5) is 18.1. The molecule has 1 aliphatic carbocycles. The SMILES string of the molecule is O=C(O)c1cnc(OCC2CCC2)cn1. The van der Waals surface area contributed by atoms with Gasteiger partial charge in [-0.25, -0.2) is 14.8 Å². The van der Waals surface area contributed by atoms with Gasteiger partial charge in [0, 0.05) is 0 Å². The van der Waals surface area contributed by atoms with E-state index < -0.39 is 5.97 Å². The largest absolute Gasteiger partial charge is 0.476 e. The lowest BCUT2D eigenvalue weighted by Crippen LogP contribution is -2.19. The molecule has 15 heavy (non-hydrogen) atoms. The van der Waals surface area contributed by atoms with E-state index in [-0.39, 0.29) is 5.69 Å². The minimum Gasteiger partial charge on any atom is -0.476 e. The smallest absolute Gasteiger partial charge is 0.356 e. The molecule has 0 saturated heterocycles. The maximum atomic E-state index is 10.5. The summed E-state index contributed by atoms with van der Waals surface area (Å²) in [5.74, 6) is -0.0501. The predicted molar refractivity (Wildman–Crippen MR) is 51.8 cm³/mol. The summed E-state index contributed by atoms with van der Waals surface area (Å²) in [6.07, 6.45) is 6.25. The Bertz CT molecular complexity index is 346. The van der Waals surface area contributed by atoms with Gasteiger partial charge in [0.05, 0.1) is 19.0 Å². The van der Waals surface area contributed by atoms with E-state index in [0.717, 1.165) is 0 Å². The number of hydrogen-bond donors (Lipinski definition) is 1. The Kier molecular flexibility index (Phi) is 2.80. The van der Waals surface area contributed by atoms with Gasteiger partial charge < -0.3 is 9.84 Å². The van der Waals surface area contributed by atoms with Crippen molar-refractivity contribution >= 4 is 5.97 Å². The van der Waals surface area contributed by atoms with Crippen LogP contribution in [0.2, 0.25) is 0 Å². The number of carboxylic acid groups (broad SMARTS) is 1. The second-order valence-electron chi connectivity index (χ2n) is 3.65. The van der Waals surface area contributed by atoms with Crippen molar-refractivity contribution in [1.82, 2.24) is 9.97 Å². The molecule has 0 radical (unpaired) electrons. The van der Waals surface area contributed by atoms with Crippen LogP contribution < -0.4 is 4.74 Å². The topological polar surface area (TPSA) is 72.3 Å². The maximum Gasteiger partial charge on any atom is 0.356 e. The lowest BCUT2D eigenvalue weighted by molar-refractivity contribution is 0.0689. The number of aromatic nitrogens is 2. The van der Waals surface area contributed by atoms with Gasteiger partial charge in [-0.3, -0.25) is 0 Å². The third-order valence-corrected chi connectivity index (χ3v) is 2.54. The molecule has 0 spiro atoms. The van der Waals surface area contributed by atoms with Gasteiger partial charge in [-0.15, -0.1) is 0 Å². The molecule has 0 aliphatic heterocycles. The molecule has 1 heterocycles. The quantitative estimate of drug-likeness (QED) is 0.808. The van der Waals surface area contributed by atoms with Crippen molar-refractivity contribution in [1.29, 1.82) is 0 Å². The van der Waals surface area contributed by atoms with Crippen LogP contribution in [0.4, 0.5) is 0 Å². The van der Waals surface area contributed by atoms with Crippen LogP contribution in [0.15, 0.2) is 12.4 Å². The molecule has 0 bridgehead atoms. The molecule has 0 aromatic carbocycles. The number of carbonyl (C=O) groups is 1. The first-order valence-electron chi connectivity index (χ1n) is 4.94. The Hall–Kier alpha value is -1.65. The third kappa shape index (κ3) is 2.43. The fourth-order valence-corrected chi connectivity index (χ4v) is 1.36. The second kappa shape index (κ2) is 4.25. The molecular formula is C10H12N2O3. The van der Waals surface area contributed by atoms with Gasteiger partial charge in [0.25, 0.3) is 0 Å². The molecule has 0 amide bonds. The van der Waals surface area contributed by atoms with Crippen molar-refractivity contribution in [3.8, 4) is 5.88 Å². The van der Waals surface area contributed by atoms with E-state index in [1.54, 1.807) is 0 Å². The average Bonchev–Trinajstić information content (AvgIpc) is 2.16. The number of aromatic carboxylic acids is 1. The van der Waals surface area contributed by atoms with Gasteiger partial charge in [0.15, 0.2) is 5.69 Å². The van der Waals surface area contributed by atoms with Gasteiger partial charge >= 0.3 is 5.97 Å². The molecular weight excluding hydrogens is 196 g/mol. The maximum absolute atomic E-state index is 10.5.